The number of nitrogens with zero attached hydrogens (tertiary/aromatic N) is 3. The summed E-state index contributed by atoms with van der Waals surface area (Å²) < 4.78 is 0. The Labute approximate surface area is 133 Å². The zero-order valence-corrected chi connectivity index (χ0v) is 13.4. The van der Waals surface area contributed by atoms with Crippen LogP contribution in [0.4, 0.5) is 11.6 Å². The highest BCUT2D eigenvalue weighted by atomic mass is 16.3. The van der Waals surface area contributed by atoms with E-state index in [2.05, 4.69) is 26.3 Å². The third-order valence-electron chi connectivity index (χ3n) is 5.07. The van der Waals surface area contributed by atoms with Gasteiger partial charge < -0.3 is 15.3 Å². The first-order valence-corrected chi connectivity index (χ1v) is 8.81. The average molecular weight is 304 g/mol. The molecule has 0 spiro atoms. The second-order valence-corrected chi connectivity index (χ2v) is 6.62. The quantitative estimate of drug-likeness (QED) is 0.846. The predicted molar refractivity (Wildman–Crippen MR) is 89.2 cm³/mol. The molecule has 0 bridgehead atoms. The fraction of sp³-hybridized carbons (Fsp3) is 0.765. The van der Waals surface area contributed by atoms with Crippen LogP contribution >= 0.6 is 0 Å². The van der Waals surface area contributed by atoms with Crippen molar-refractivity contribution in [1.29, 1.82) is 0 Å². The minimum atomic E-state index is 0.234. The standard InChI is InChI=1S/C17H28N4O/c22-11-8-15(14-6-2-1-3-7-14)20-16-12-17(19-13-18-16)21-9-4-5-10-21/h12-15,22H,1-11H2,(H,18,19,20). The van der Waals surface area contributed by atoms with Gasteiger partial charge in [0, 0.05) is 31.8 Å². The molecule has 0 amide bonds. The number of hydrogen-bond donors (Lipinski definition) is 2. The van der Waals surface area contributed by atoms with Crippen molar-refractivity contribution in [2.24, 2.45) is 5.92 Å². The number of rotatable bonds is 6. The third kappa shape index (κ3) is 3.88. The maximum Gasteiger partial charge on any atom is 0.134 e. The summed E-state index contributed by atoms with van der Waals surface area (Å²) in [4.78, 5) is 11.1. The number of aromatic nitrogens is 2. The van der Waals surface area contributed by atoms with Gasteiger partial charge in [-0.15, -0.1) is 0 Å². The lowest BCUT2D eigenvalue weighted by molar-refractivity contribution is 0.239. The largest absolute Gasteiger partial charge is 0.396 e. The van der Waals surface area contributed by atoms with Crippen LogP contribution in [-0.4, -0.2) is 40.8 Å². The average Bonchev–Trinajstić information content (AvgIpc) is 3.10. The summed E-state index contributed by atoms with van der Waals surface area (Å²) in [5.74, 6) is 2.59. The van der Waals surface area contributed by atoms with Crippen LogP contribution in [0.2, 0.25) is 0 Å². The Morgan fingerprint density at radius 2 is 1.91 bits per heavy atom. The van der Waals surface area contributed by atoms with Crippen molar-refractivity contribution in [3.8, 4) is 0 Å². The van der Waals surface area contributed by atoms with E-state index < -0.39 is 0 Å². The molecule has 2 aliphatic rings. The summed E-state index contributed by atoms with van der Waals surface area (Å²) in [5.41, 5.74) is 0. The van der Waals surface area contributed by atoms with Crippen molar-refractivity contribution < 1.29 is 5.11 Å². The molecule has 2 fully saturated rings. The van der Waals surface area contributed by atoms with Crippen LogP contribution in [0.5, 0.6) is 0 Å². The van der Waals surface area contributed by atoms with Crippen LogP contribution in [0.1, 0.15) is 51.4 Å². The normalized spacial score (nSPS) is 21.0. The molecule has 1 saturated heterocycles. The van der Waals surface area contributed by atoms with Crippen LogP contribution in [-0.2, 0) is 0 Å². The van der Waals surface area contributed by atoms with E-state index in [0.717, 1.165) is 31.1 Å². The molecular weight excluding hydrogens is 276 g/mol. The summed E-state index contributed by atoms with van der Waals surface area (Å²) in [5, 5.41) is 13.0. The van der Waals surface area contributed by atoms with Gasteiger partial charge >= 0.3 is 0 Å². The van der Waals surface area contributed by atoms with Crippen LogP contribution in [0.25, 0.3) is 0 Å². The van der Waals surface area contributed by atoms with Crippen molar-refractivity contribution in [3.05, 3.63) is 12.4 Å². The van der Waals surface area contributed by atoms with E-state index in [0.29, 0.717) is 12.0 Å². The Morgan fingerprint density at radius 1 is 1.14 bits per heavy atom. The molecule has 0 aromatic carbocycles. The van der Waals surface area contributed by atoms with Crippen LogP contribution < -0.4 is 10.2 Å². The van der Waals surface area contributed by atoms with Crippen molar-refractivity contribution >= 4 is 11.6 Å². The Hall–Kier alpha value is -1.36. The first-order valence-electron chi connectivity index (χ1n) is 8.81. The number of hydrogen-bond acceptors (Lipinski definition) is 5. The van der Waals surface area contributed by atoms with Crippen molar-refractivity contribution in [1.82, 2.24) is 9.97 Å². The lowest BCUT2D eigenvalue weighted by Gasteiger charge is -2.31. The highest BCUT2D eigenvalue weighted by molar-refractivity contribution is 5.49. The van der Waals surface area contributed by atoms with E-state index in [1.807, 2.05) is 0 Å². The van der Waals surface area contributed by atoms with E-state index >= 15 is 0 Å². The van der Waals surface area contributed by atoms with Crippen molar-refractivity contribution in [2.75, 3.05) is 29.9 Å². The number of anilines is 2. The van der Waals surface area contributed by atoms with Gasteiger partial charge in [0.15, 0.2) is 0 Å². The molecule has 2 heterocycles. The molecular formula is C17H28N4O. The molecule has 0 radical (unpaired) electrons. The second-order valence-electron chi connectivity index (χ2n) is 6.62. The van der Waals surface area contributed by atoms with Crippen LogP contribution in [0.3, 0.4) is 0 Å². The van der Waals surface area contributed by atoms with Gasteiger partial charge in [-0.1, -0.05) is 19.3 Å². The fourth-order valence-corrected chi connectivity index (χ4v) is 3.84. The van der Waals surface area contributed by atoms with Gasteiger partial charge in [0.1, 0.15) is 18.0 Å². The van der Waals surface area contributed by atoms with Crippen molar-refractivity contribution in [3.63, 3.8) is 0 Å². The Morgan fingerprint density at radius 3 is 2.64 bits per heavy atom. The van der Waals surface area contributed by atoms with E-state index in [1.54, 1.807) is 6.33 Å². The monoisotopic (exact) mass is 304 g/mol. The van der Waals surface area contributed by atoms with E-state index in [4.69, 9.17) is 0 Å². The minimum Gasteiger partial charge on any atom is -0.396 e. The summed E-state index contributed by atoms with van der Waals surface area (Å²) in [6.45, 7) is 2.43. The molecule has 1 unspecified atom stereocenters. The Balaban J connectivity index is 1.67. The van der Waals surface area contributed by atoms with E-state index in [1.165, 1.54) is 44.9 Å². The fourth-order valence-electron chi connectivity index (χ4n) is 3.84. The molecule has 5 nitrogen and oxygen atoms in total. The maximum absolute atomic E-state index is 9.39. The van der Waals surface area contributed by atoms with Gasteiger partial charge in [-0.25, -0.2) is 9.97 Å². The van der Waals surface area contributed by atoms with Gasteiger partial charge in [0.05, 0.1) is 0 Å². The molecule has 122 valence electrons. The Kier molecular flexibility index (Phi) is 5.48. The maximum atomic E-state index is 9.39. The highest BCUT2D eigenvalue weighted by Crippen LogP contribution is 2.29. The van der Waals surface area contributed by atoms with Crippen LogP contribution in [0.15, 0.2) is 12.4 Å². The third-order valence-corrected chi connectivity index (χ3v) is 5.07. The van der Waals surface area contributed by atoms with Gasteiger partial charge in [-0.05, 0) is 38.0 Å². The van der Waals surface area contributed by atoms with E-state index in [9.17, 15) is 5.11 Å². The molecule has 1 aromatic rings. The summed E-state index contributed by atoms with van der Waals surface area (Å²) in [6.07, 6.45) is 11.5. The van der Waals surface area contributed by atoms with Gasteiger partial charge in [0.2, 0.25) is 0 Å². The summed E-state index contributed by atoms with van der Waals surface area (Å²) in [6, 6.07) is 2.39. The van der Waals surface area contributed by atoms with Gasteiger partial charge in [-0.2, -0.15) is 0 Å². The summed E-state index contributed by atoms with van der Waals surface area (Å²) in [7, 11) is 0. The van der Waals surface area contributed by atoms with Gasteiger partial charge in [-0.3, -0.25) is 0 Å². The number of aliphatic hydroxyl groups excluding tert-OH is 1. The predicted octanol–water partition coefficient (Wildman–Crippen LogP) is 2.82. The zero-order valence-electron chi connectivity index (χ0n) is 13.4. The first-order chi connectivity index (χ1) is 10.9. The Bertz CT molecular complexity index is 456. The molecule has 1 aliphatic carbocycles. The van der Waals surface area contributed by atoms with E-state index in [-0.39, 0.29) is 6.61 Å². The van der Waals surface area contributed by atoms with Crippen LogP contribution in [0, 0.1) is 5.92 Å². The smallest absolute Gasteiger partial charge is 0.134 e. The zero-order chi connectivity index (χ0) is 15.2. The molecule has 2 N–H and O–H groups in total. The highest BCUT2D eigenvalue weighted by Gasteiger charge is 2.24. The first kappa shape index (κ1) is 15.5. The number of aliphatic hydroxyl groups is 1. The molecule has 1 aliphatic heterocycles. The second kappa shape index (κ2) is 7.77. The molecule has 3 rings (SSSR count). The van der Waals surface area contributed by atoms with Gasteiger partial charge in [0.25, 0.3) is 0 Å². The lowest BCUT2D eigenvalue weighted by Crippen LogP contribution is -2.32. The SMILES string of the molecule is OCCC(Nc1cc(N2CCCC2)ncn1)C1CCCCC1. The van der Waals surface area contributed by atoms with Crippen molar-refractivity contribution in [2.45, 2.75) is 57.4 Å². The lowest BCUT2D eigenvalue weighted by atomic mass is 9.83. The molecule has 1 saturated carbocycles. The summed E-state index contributed by atoms with van der Waals surface area (Å²) >= 11 is 0. The molecule has 1 atom stereocenters. The number of nitrogens with one attached hydrogen (secondary N) is 1. The molecule has 22 heavy (non-hydrogen) atoms. The minimum absolute atomic E-state index is 0.234. The molecule has 5 heteroatoms. The topological polar surface area (TPSA) is 61.3 Å². The molecule has 1 aromatic heterocycles.